The molecule has 94 valence electrons. The predicted molar refractivity (Wildman–Crippen MR) is 70.8 cm³/mol. The predicted octanol–water partition coefficient (Wildman–Crippen LogP) is 2.50. The van der Waals surface area contributed by atoms with Crippen molar-refractivity contribution in [3.63, 3.8) is 0 Å². The van der Waals surface area contributed by atoms with E-state index in [9.17, 15) is 0 Å². The maximum Gasteiger partial charge on any atom is 0.149 e. The Morgan fingerprint density at radius 3 is 2.56 bits per heavy atom. The van der Waals surface area contributed by atoms with Gasteiger partial charge in [0, 0.05) is 23.0 Å². The Morgan fingerprint density at radius 2 is 1.94 bits per heavy atom. The molecule has 1 aromatic carbocycles. The van der Waals surface area contributed by atoms with E-state index in [0.717, 1.165) is 11.1 Å². The first kappa shape index (κ1) is 12.8. The molecule has 0 spiro atoms. The number of hydrogen-bond donors (Lipinski definition) is 1. The molecule has 0 bridgehead atoms. The number of hydrogen-bond acceptors (Lipinski definition) is 4. The molecule has 2 rings (SSSR count). The molecule has 0 saturated heterocycles. The molecule has 1 atom stereocenters. The molecule has 0 amide bonds. The van der Waals surface area contributed by atoms with Gasteiger partial charge in [-0.1, -0.05) is 11.6 Å². The average Bonchev–Trinajstić information content (AvgIpc) is 2.39. The molecule has 4 nitrogen and oxygen atoms in total. The van der Waals surface area contributed by atoms with Crippen molar-refractivity contribution in [2.75, 3.05) is 7.11 Å². The van der Waals surface area contributed by atoms with Crippen LogP contribution in [0.25, 0.3) is 0 Å². The minimum absolute atomic E-state index is 0.459. The van der Waals surface area contributed by atoms with Gasteiger partial charge in [0.05, 0.1) is 13.2 Å². The van der Waals surface area contributed by atoms with E-state index >= 15 is 0 Å². The van der Waals surface area contributed by atoms with Crippen LogP contribution in [0, 0.1) is 6.92 Å². The van der Waals surface area contributed by atoms with Gasteiger partial charge in [-0.2, -0.15) is 0 Å². The first-order valence-electron chi connectivity index (χ1n) is 5.49. The van der Waals surface area contributed by atoms with E-state index < -0.39 is 6.04 Å². The molecule has 2 N–H and O–H groups in total. The van der Waals surface area contributed by atoms with Crippen molar-refractivity contribution in [2.45, 2.75) is 13.0 Å². The molecule has 0 aliphatic carbocycles. The van der Waals surface area contributed by atoms with Crippen molar-refractivity contribution in [2.24, 2.45) is 5.73 Å². The number of methoxy groups -OCH3 is 1. The largest absolute Gasteiger partial charge is 0.496 e. The maximum absolute atomic E-state index is 6.15. The molecule has 0 radical (unpaired) electrons. The lowest BCUT2D eigenvalue weighted by molar-refractivity contribution is 0.407. The molecule has 1 aromatic heterocycles. The average molecular weight is 264 g/mol. The normalized spacial score (nSPS) is 12.2. The SMILES string of the molecule is COc1ccc(Cl)cc1C(N)c1ncc(C)cn1. The highest BCUT2D eigenvalue weighted by Gasteiger charge is 2.16. The van der Waals surface area contributed by atoms with Crippen LogP contribution < -0.4 is 10.5 Å². The molecule has 1 heterocycles. The molecule has 5 heteroatoms. The van der Waals surface area contributed by atoms with Crippen molar-refractivity contribution in [3.8, 4) is 5.75 Å². The van der Waals surface area contributed by atoms with Gasteiger partial charge in [0.2, 0.25) is 0 Å². The number of nitrogens with two attached hydrogens (primary N) is 1. The van der Waals surface area contributed by atoms with E-state index in [-0.39, 0.29) is 0 Å². The van der Waals surface area contributed by atoms with Gasteiger partial charge in [-0.25, -0.2) is 9.97 Å². The Kier molecular flexibility index (Phi) is 3.79. The van der Waals surface area contributed by atoms with Gasteiger partial charge in [0.15, 0.2) is 0 Å². The van der Waals surface area contributed by atoms with Crippen LogP contribution in [-0.2, 0) is 0 Å². The molecular formula is C13H14ClN3O. The van der Waals surface area contributed by atoms with Crippen molar-refractivity contribution >= 4 is 11.6 Å². The minimum atomic E-state index is -0.459. The number of ether oxygens (including phenoxy) is 1. The van der Waals surface area contributed by atoms with E-state index in [1.807, 2.05) is 6.92 Å². The minimum Gasteiger partial charge on any atom is -0.496 e. The van der Waals surface area contributed by atoms with Gasteiger partial charge >= 0.3 is 0 Å². The van der Waals surface area contributed by atoms with Crippen LogP contribution in [0.3, 0.4) is 0 Å². The van der Waals surface area contributed by atoms with Crippen molar-refractivity contribution < 1.29 is 4.74 Å². The number of nitrogens with zero attached hydrogens (tertiary/aromatic N) is 2. The second kappa shape index (κ2) is 5.33. The second-order valence-electron chi connectivity index (χ2n) is 3.98. The fourth-order valence-corrected chi connectivity index (χ4v) is 1.83. The van der Waals surface area contributed by atoms with Crippen LogP contribution in [0.2, 0.25) is 5.02 Å². The van der Waals surface area contributed by atoms with Crippen LogP contribution in [-0.4, -0.2) is 17.1 Å². The highest BCUT2D eigenvalue weighted by Crippen LogP contribution is 2.29. The fourth-order valence-electron chi connectivity index (χ4n) is 1.65. The van der Waals surface area contributed by atoms with Gasteiger partial charge in [-0.15, -0.1) is 0 Å². The Bertz CT molecular complexity index is 542. The summed E-state index contributed by atoms with van der Waals surface area (Å²) in [7, 11) is 1.59. The number of rotatable bonds is 3. The van der Waals surface area contributed by atoms with E-state index in [1.165, 1.54) is 0 Å². The summed E-state index contributed by atoms with van der Waals surface area (Å²) < 4.78 is 5.27. The third kappa shape index (κ3) is 2.60. The third-order valence-electron chi connectivity index (χ3n) is 2.61. The number of aryl methyl sites for hydroxylation is 1. The Hall–Kier alpha value is -1.65. The summed E-state index contributed by atoms with van der Waals surface area (Å²) in [5, 5.41) is 0.605. The zero-order valence-corrected chi connectivity index (χ0v) is 11.0. The van der Waals surface area contributed by atoms with Crippen LogP contribution in [0.4, 0.5) is 0 Å². The lowest BCUT2D eigenvalue weighted by Crippen LogP contribution is -2.16. The fraction of sp³-hybridized carbons (Fsp3) is 0.231. The molecule has 0 fully saturated rings. The van der Waals surface area contributed by atoms with E-state index in [1.54, 1.807) is 37.7 Å². The van der Waals surface area contributed by atoms with Crippen LogP contribution in [0.5, 0.6) is 5.75 Å². The summed E-state index contributed by atoms with van der Waals surface area (Å²) in [6, 6.07) is 4.85. The molecule has 18 heavy (non-hydrogen) atoms. The van der Waals surface area contributed by atoms with Crippen molar-refractivity contribution in [3.05, 3.63) is 52.6 Å². The second-order valence-corrected chi connectivity index (χ2v) is 4.42. The van der Waals surface area contributed by atoms with E-state index in [2.05, 4.69) is 9.97 Å². The number of halogens is 1. The maximum atomic E-state index is 6.15. The Labute approximate surface area is 111 Å². The smallest absolute Gasteiger partial charge is 0.149 e. The van der Waals surface area contributed by atoms with Gasteiger partial charge < -0.3 is 10.5 Å². The quantitative estimate of drug-likeness (QED) is 0.924. The molecule has 0 saturated carbocycles. The molecule has 0 aliphatic heterocycles. The monoisotopic (exact) mass is 263 g/mol. The van der Waals surface area contributed by atoms with Gasteiger partial charge in [-0.3, -0.25) is 0 Å². The van der Waals surface area contributed by atoms with Crippen LogP contribution in [0.1, 0.15) is 23.0 Å². The van der Waals surface area contributed by atoms with Crippen LogP contribution in [0.15, 0.2) is 30.6 Å². The summed E-state index contributed by atoms with van der Waals surface area (Å²) in [5.41, 5.74) is 7.91. The van der Waals surface area contributed by atoms with E-state index in [4.69, 9.17) is 22.1 Å². The number of aromatic nitrogens is 2. The number of benzene rings is 1. The standard InChI is InChI=1S/C13H14ClN3O/c1-8-6-16-13(17-7-8)12(15)10-5-9(14)3-4-11(10)18-2/h3-7,12H,15H2,1-2H3. The summed E-state index contributed by atoms with van der Waals surface area (Å²) >= 11 is 5.98. The molecule has 1 unspecified atom stereocenters. The van der Waals surface area contributed by atoms with Crippen LogP contribution >= 0.6 is 11.6 Å². The zero-order chi connectivity index (χ0) is 13.1. The first-order chi connectivity index (χ1) is 8.61. The lowest BCUT2D eigenvalue weighted by Gasteiger charge is -2.14. The van der Waals surface area contributed by atoms with Gasteiger partial charge in [0.25, 0.3) is 0 Å². The van der Waals surface area contributed by atoms with Gasteiger partial charge in [-0.05, 0) is 30.7 Å². The summed E-state index contributed by atoms with van der Waals surface area (Å²) in [6.07, 6.45) is 3.47. The molecule has 2 aromatic rings. The first-order valence-corrected chi connectivity index (χ1v) is 5.87. The highest BCUT2D eigenvalue weighted by atomic mass is 35.5. The van der Waals surface area contributed by atoms with Crippen molar-refractivity contribution in [1.82, 2.24) is 9.97 Å². The molecular weight excluding hydrogens is 250 g/mol. The Balaban J connectivity index is 2.41. The lowest BCUT2D eigenvalue weighted by atomic mass is 10.1. The highest BCUT2D eigenvalue weighted by molar-refractivity contribution is 6.30. The summed E-state index contributed by atoms with van der Waals surface area (Å²) in [5.74, 6) is 1.22. The van der Waals surface area contributed by atoms with Crippen molar-refractivity contribution in [1.29, 1.82) is 0 Å². The topological polar surface area (TPSA) is 61.0 Å². The van der Waals surface area contributed by atoms with E-state index in [0.29, 0.717) is 16.6 Å². The third-order valence-corrected chi connectivity index (χ3v) is 2.84. The zero-order valence-electron chi connectivity index (χ0n) is 10.2. The summed E-state index contributed by atoms with van der Waals surface area (Å²) in [6.45, 7) is 1.93. The Morgan fingerprint density at radius 1 is 1.28 bits per heavy atom. The molecule has 0 aliphatic rings. The van der Waals surface area contributed by atoms with Gasteiger partial charge in [0.1, 0.15) is 11.6 Å². The summed E-state index contributed by atoms with van der Waals surface area (Å²) in [4.78, 5) is 8.45.